The van der Waals surface area contributed by atoms with E-state index in [9.17, 15) is 4.79 Å². The maximum atomic E-state index is 12.1. The van der Waals surface area contributed by atoms with E-state index in [1.807, 2.05) is 25.2 Å². The van der Waals surface area contributed by atoms with Gasteiger partial charge in [-0.1, -0.05) is 6.07 Å². The molecule has 0 spiro atoms. The maximum Gasteiger partial charge on any atom is 0.267 e. The van der Waals surface area contributed by atoms with Crippen molar-refractivity contribution in [3.8, 4) is 5.75 Å². The smallest absolute Gasteiger partial charge is 0.267 e. The minimum atomic E-state index is -0.432. The van der Waals surface area contributed by atoms with Crippen molar-refractivity contribution >= 4 is 11.6 Å². The van der Waals surface area contributed by atoms with Crippen LogP contribution in [0.3, 0.4) is 0 Å². The van der Waals surface area contributed by atoms with E-state index in [2.05, 4.69) is 5.32 Å². The summed E-state index contributed by atoms with van der Waals surface area (Å²) >= 11 is 0. The molecule has 0 bridgehead atoms. The van der Waals surface area contributed by atoms with Crippen LogP contribution < -0.4 is 20.7 Å². The Hall–Kier alpha value is -1.59. The van der Waals surface area contributed by atoms with Crippen LogP contribution in [-0.4, -0.2) is 32.1 Å². The van der Waals surface area contributed by atoms with Crippen LogP contribution in [0.5, 0.6) is 5.75 Å². The van der Waals surface area contributed by atoms with Gasteiger partial charge in [0.05, 0.1) is 5.69 Å². The number of anilines is 1. The van der Waals surface area contributed by atoms with E-state index >= 15 is 0 Å². The summed E-state index contributed by atoms with van der Waals surface area (Å²) in [5.41, 5.74) is 7.44. The predicted molar refractivity (Wildman–Crippen MR) is 70.7 cm³/mol. The lowest BCUT2D eigenvalue weighted by atomic mass is 10.1. The number of carbonyl (C=O) groups excluding carboxylic acids is 1. The Morgan fingerprint density at radius 2 is 2.28 bits per heavy atom. The summed E-state index contributed by atoms with van der Waals surface area (Å²) < 4.78 is 5.60. The number of nitrogens with two attached hydrogens (primary N) is 1. The van der Waals surface area contributed by atoms with E-state index in [1.165, 1.54) is 0 Å². The summed E-state index contributed by atoms with van der Waals surface area (Å²) in [6, 6.07) is 5.74. The van der Waals surface area contributed by atoms with Gasteiger partial charge in [0.1, 0.15) is 5.75 Å². The first kappa shape index (κ1) is 12.9. The third-order valence-electron chi connectivity index (χ3n) is 3.05. The number of fused-ring (bicyclic) bond motifs is 1. The molecule has 1 unspecified atom stereocenters. The summed E-state index contributed by atoms with van der Waals surface area (Å²) in [7, 11) is 1.87. The van der Waals surface area contributed by atoms with Crippen molar-refractivity contribution in [1.82, 2.24) is 5.32 Å². The zero-order chi connectivity index (χ0) is 13.1. The van der Waals surface area contributed by atoms with Gasteiger partial charge in [0.15, 0.2) is 6.10 Å². The molecule has 18 heavy (non-hydrogen) atoms. The molecule has 5 heteroatoms. The van der Waals surface area contributed by atoms with Crippen LogP contribution in [0.1, 0.15) is 12.5 Å². The molecule has 2 rings (SSSR count). The molecule has 0 aromatic heterocycles. The van der Waals surface area contributed by atoms with Crippen LogP contribution in [0.15, 0.2) is 18.2 Å². The van der Waals surface area contributed by atoms with Crippen molar-refractivity contribution in [2.45, 2.75) is 19.6 Å². The normalized spacial score (nSPS) is 18.5. The summed E-state index contributed by atoms with van der Waals surface area (Å²) in [6.45, 7) is 3.60. The lowest BCUT2D eigenvalue weighted by molar-refractivity contribution is -0.125. The third-order valence-corrected chi connectivity index (χ3v) is 3.05. The molecule has 1 atom stereocenters. The van der Waals surface area contributed by atoms with E-state index in [4.69, 9.17) is 10.5 Å². The number of ether oxygens (including phenoxy) is 1. The van der Waals surface area contributed by atoms with Crippen LogP contribution in [-0.2, 0) is 11.3 Å². The molecule has 0 aliphatic carbocycles. The van der Waals surface area contributed by atoms with Gasteiger partial charge in [-0.3, -0.25) is 4.79 Å². The topological polar surface area (TPSA) is 67.6 Å². The van der Waals surface area contributed by atoms with Crippen LogP contribution in [0.25, 0.3) is 0 Å². The Kier molecular flexibility index (Phi) is 3.84. The number of rotatable bonds is 4. The highest BCUT2D eigenvalue weighted by Crippen LogP contribution is 2.34. The molecule has 1 aliphatic rings. The lowest BCUT2D eigenvalue weighted by Crippen LogP contribution is -2.46. The highest BCUT2D eigenvalue weighted by atomic mass is 16.5. The molecule has 0 saturated heterocycles. The first-order chi connectivity index (χ1) is 8.67. The predicted octanol–water partition coefficient (Wildman–Crippen LogP) is 0.479. The van der Waals surface area contributed by atoms with E-state index in [1.54, 1.807) is 11.8 Å². The molecule has 3 N–H and O–H groups in total. The molecule has 1 heterocycles. The van der Waals surface area contributed by atoms with Gasteiger partial charge < -0.3 is 20.7 Å². The zero-order valence-electron chi connectivity index (χ0n) is 10.8. The quantitative estimate of drug-likeness (QED) is 0.814. The highest BCUT2D eigenvalue weighted by Gasteiger charge is 2.31. The molecule has 5 nitrogen and oxygen atoms in total. The van der Waals surface area contributed by atoms with Crippen molar-refractivity contribution in [2.24, 2.45) is 5.73 Å². The zero-order valence-corrected chi connectivity index (χ0v) is 10.8. The Morgan fingerprint density at radius 1 is 1.50 bits per heavy atom. The molecule has 1 aliphatic heterocycles. The monoisotopic (exact) mass is 249 g/mol. The van der Waals surface area contributed by atoms with Gasteiger partial charge in [-0.15, -0.1) is 0 Å². The second-order valence-corrected chi connectivity index (χ2v) is 4.36. The fourth-order valence-corrected chi connectivity index (χ4v) is 2.03. The largest absolute Gasteiger partial charge is 0.479 e. The second kappa shape index (κ2) is 5.37. The van der Waals surface area contributed by atoms with Crippen molar-refractivity contribution in [2.75, 3.05) is 25.0 Å². The van der Waals surface area contributed by atoms with E-state index in [0.29, 0.717) is 13.1 Å². The number of nitrogens with one attached hydrogen (secondary N) is 1. The fraction of sp³-hybridized carbons (Fsp3) is 0.462. The van der Waals surface area contributed by atoms with Gasteiger partial charge in [-0.05, 0) is 31.7 Å². The summed E-state index contributed by atoms with van der Waals surface area (Å²) in [5.74, 6) is 0.738. The fourth-order valence-electron chi connectivity index (χ4n) is 2.03. The summed E-state index contributed by atoms with van der Waals surface area (Å²) in [5, 5.41) is 3.05. The minimum Gasteiger partial charge on any atom is -0.479 e. The Balaban J connectivity index is 2.36. The minimum absolute atomic E-state index is 0.00748. The first-order valence-corrected chi connectivity index (χ1v) is 6.13. The number of benzene rings is 1. The number of carbonyl (C=O) groups is 1. The van der Waals surface area contributed by atoms with Gasteiger partial charge in [-0.25, -0.2) is 0 Å². The summed E-state index contributed by atoms with van der Waals surface area (Å²) in [6.07, 6.45) is -0.432. The number of hydrogen-bond acceptors (Lipinski definition) is 4. The van der Waals surface area contributed by atoms with Crippen LogP contribution in [0.4, 0.5) is 5.69 Å². The molecular weight excluding hydrogens is 230 g/mol. The number of hydrogen-bond donors (Lipinski definition) is 2. The van der Waals surface area contributed by atoms with Gasteiger partial charge in [0, 0.05) is 19.6 Å². The Morgan fingerprint density at radius 3 is 2.94 bits per heavy atom. The average Bonchev–Trinajstić information content (AvgIpc) is 2.39. The number of amides is 1. The molecule has 1 aromatic rings. The van der Waals surface area contributed by atoms with Crippen molar-refractivity contribution in [3.63, 3.8) is 0 Å². The number of likely N-dealkylation sites (N-methyl/N-ethyl adjacent to an activating group) is 1. The van der Waals surface area contributed by atoms with Crippen LogP contribution >= 0.6 is 0 Å². The standard InChI is InChI=1S/C13H19N3O2/c1-9-13(17)16(6-5-15-2)11-7-10(8-14)3-4-12(11)18-9/h3-4,7,9,15H,5-6,8,14H2,1-2H3. The van der Waals surface area contributed by atoms with Crippen LogP contribution in [0, 0.1) is 0 Å². The highest BCUT2D eigenvalue weighted by molar-refractivity contribution is 5.99. The Bertz CT molecular complexity index is 448. The van der Waals surface area contributed by atoms with Crippen LogP contribution in [0.2, 0.25) is 0 Å². The van der Waals surface area contributed by atoms with Gasteiger partial charge in [0.2, 0.25) is 0 Å². The second-order valence-electron chi connectivity index (χ2n) is 4.36. The van der Waals surface area contributed by atoms with E-state index < -0.39 is 6.10 Å². The number of nitrogens with zero attached hydrogens (tertiary/aromatic N) is 1. The van der Waals surface area contributed by atoms with E-state index in [0.717, 1.165) is 23.5 Å². The van der Waals surface area contributed by atoms with Crippen molar-refractivity contribution in [1.29, 1.82) is 0 Å². The Labute approximate surface area is 107 Å². The molecule has 1 aromatic carbocycles. The summed E-state index contributed by atoms with van der Waals surface area (Å²) in [4.78, 5) is 13.9. The molecule has 1 amide bonds. The maximum absolute atomic E-state index is 12.1. The SMILES string of the molecule is CNCCN1C(=O)C(C)Oc2ccc(CN)cc21. The molecular formula is C13H19N3O2. The van der Waals surface area contributed by atoms with Gasteiger partial charge in [-0.2, -0.15) is 0 Å². The van der Waals surface area contributed by atoms with Gasteiger partial charge >= 0.3 is 0 Å². The molecule has 0 fully saturated rings. The molecule has 0 saturated carbocycles. The molecule has 98 valence electrons. The van der Waals surface area contributed by atoms with Crippen molar-refractivity contribution < 1.29 is 9.53 Å². The van der Waals surface area contributed by atoms with E-state index in [-0.39, 0.29) is 5.91 Å². The van der Waals surface area contributed by atoms with Gasteiger partial charge in [0.25, 0.3) is 5.91 Å². The average molecular weight is 249 g/mol. The lowest BCUT2D eigenvalue weighted by Gasteiger charge is -2.33. The third kappa shape index (κ3) is 2.32. The molecule has 0 radical (unpaired) electrons. The first-order valence-electron chi connectivity index (χ1n) is 6.13. The van der Waals surface area contributed by atoms with Crippen molar-refractivity contribution in [3.05, 3.63) is 23.8 Å².